The molecule has 4 heteroatoms. The molecule has 0 heterocycles. The van der Waals surface area contributed by atoms with Gasteiger partial charge in [0.1, 0.15) is 0 Å². The lowest BCUT2D eigenvalue weighted by molar-refractivity contribution is 1.15. The number of hydrogen-bond donors (Lipinski definition) is 3. The van der Waals surface area contributed by atoms with E-state index in [9.17, 15) is 0 Å². The van der Waals surface area contributed by atoms with Gasteiger partial charge < -0.3 is 16.2 Å². The Bertz CT molecular complexity index is 142. The molecular formula is C6H12IN3. The van der Waals surface area contributed by atoms with E-state index in [2.05, 4.69) is 0 Å². The quantitative estimate of drug-likeness (QED) is 0.507. The van der Waals surface area contributed by atoms with Crippen LogP contribution >= 0.6 is 24.0 Å². The highest BCUT2D eigenvalue weighted by Gasteiger charge is 1.95. The van der Waals surface area contributed by atoms with E-state index >= 15 is 0 Å². The first kappa shape index (κ1) is 12.4. The van der Waals surface area contributed by atoms with Crippen molar-refractivity contribution in [1.82, 2.24) is 0 Å². The van der Waals surface area contributed by atoms with Gasteiger partial charge in [-0.2, -0.15) is 0 Å². The van der Waals surface area contributed by atoms with Gasteiger partial charge in [0.05, 0.1) is 5.71 Å². The van der Waals surface area contributed by atoms with Gasteiger partial charge in [-0.15, -0.1) is 24.0 Å². The molecule has 3 N–H and O–H groups in total. The lowest BCUT2D eigenvalue weighted by Crippen LogP contribution is -2.06. The Morgan fingerprint density at radius 3 is 2.20 bits per heavy atom. The average Bonchev–Trinajstić information content (AvgIpc) is 1.82. The number of nitrogens with one attached hydrogen (secondary N) is 3. The maximum atomic E-state index is 7.12. The smallest absolute Gasteiger partial charge is 0.0522 e. The first-order valence-electron chi connectivity index (χ1n) is 2.80. The molecule has 0 saturated carbocycles. The first-order chi connectivity index (χ1) is 4.18. The average molecular weight is 253 g/mol. The van der Waals surface area contributed by atoms with Crippen molar-refractivity contribution in [2.24, 2.45) is 0 Å². The molecule has 0 amide bonds. The number of halogens is 1. The lowest BCUT2D eigenvalue weighted by Gasteiger charge is -1.95. The molecule has 0 spiro atoms. The molecular weight excluding hydrogens is 241 g/mol. The van der Waals surface area contributed by atoms with E-state index in [-0.39, 0.29) is 24.0 Å². The van der Waals surface area contributed by atoms with Crippen LogP contribution in [0.3, 0.4) is 0 Å². The summed E-state index contributed by atoms with van der Waals surface area (Å²) in [7, 11) is 0. The second kappa shape index (κ2) is 6.85. The minimum absolute atomic E-state index is 0. The fraction of sp³-hybridized carbons (Fsp3) is 0.500. The van der Waals surface area contributed by atoms with Crippen LogP contribution in [0.15, 0.2) is 0 Å². The van der Waals surface area contributed by atoms with Crippen LogP contribution < -0.4 is 0 Å². The second-order valence-electron chi connectivity index (χ2n) is 1.85. The summed E-state index contributed by atoms with van der Waals surface area (Å²) in [5.74, 6) is 0. The largest absolute Gasteiger partial charge is 0.313 e. The van der Waals surface area contributed by atoms with Crippen molar-refractivity contribution in [3.63, 3.8) is 0 Å². The highest BCUT2D eigenvalue weighted by Crippen LogP contribution is 1.88. The Kier molecular flexibility index (Phi) is 8.51. The zero-order chi connectivity index (χ0) is 7.28. The Balaban J connectivity index is 0. The van der Waals surface area contributed by atoms with Crippen molar-refractivity contribution >= 4 is 41.6 Å². The topological polar surface area (TPSA) is 71.6 Å². The van der Waals surface area contributed by atoms with Crippen LogP contribution in [-0.2, 0) is 0 Å². The Morgan fingerprint density at radius 1 is 1.40 bits per heavy atom. The van der Waals surface area contributed by atoms with Crippen molar-refractivity contribution < 1.29 is 0 Å². The van der Waals surface area contributed by atoms with E-state index in [4.69, 9.17) is 16.2 Å². The maximum absolute atomic E-state index is 7.12. The van der Waals surface area contributed by atoms with Gasteiger partial charge in [-0.05, 0) is 26.0 Å². The summed E-state index contributed by atoms with van der Waals surface area (Å²) >= 11 is 0. The predicted octanol–water partition coefficient (Wildman–Crippen LogP) is 2.09. The fourth-order valence-corrected chi connectivity index (χ4v) is 0.404. The molecule has 0 radical (unpaired) electrons. The Morgan fingerprint density at radius 2 is 1.90 bits per heavy atom. The van der Waals surface area contributed by atoms with Crippen LogP contribution in [0.25, 0.3) is 0 Å². The predicted molar refractivity (Wildman–Crippen MR) is 54.6 cm³/mol. The maximum Gasteiger partial charge on any atom is 0.0522 e. The van der Waals surface area contributed by atoms with Crippen molar-refractivity contribution in [3.8, 4) is 0 Å². The van der Waals surface area contributed by atoms with Crippen LogP contribution in [-0.4, -0.2) is 17.6 Å². The van der Waals surface area contributed by atoms with Crippen molar-refractivity contribution in [1.29, 1.82) is 16.2 Å². The standard InChI is InChI=1S/C6H11N3.HI/c1-5(8)6(9)3-2-4-7;/h4,7-9H,2-3H2,1H3;1H. The molecule has 0 unspecified atom stereocenters. The van der Waals surface area contributed by atoms with Crippen molar-refractivity contribution in [2.45, 2.75) is 19.8 Å². The minimum Gasteiger partial charge on any atom is -0.313 e. The summed E-state index contributed by atoms with van der Waals surface area (Å²) in [4.78, 5) is 0. The molecule has 0 aromatic heterocycles. The normalized spacial score (nSPS) is 7.70. The van der Waals surface area contributed by atoms with Gasteiger partial charge in [0, 0.05) is 5.71 Å². The summed E-state index contributed by atoms with van der Waals surface area (Å²) < 4.78 is 0. The minimum atomic E-state index is 0. The highest BCUT2D eigenvalue weighted by atomic mass is 127. The SMILES string of the molecule is CC(=N)C(=N)CCC=N.I. The second-order valence-corrected chi connectivity index (χ2v) is 1.85. The molecule has 0 rings (SSSR count). The van der Waals surface area contributed by atoms with Crippen LogP contribution in [0.2, 0.25) is 0 Å². The third kappa shape index (κ3) is 5.87. The van der Waals surface area contributed by atoms with Gasteiger partial charge >= 0.3 is 0 Å². The molecule has 0 fully saturated rings. The highest BCUT2D eigenvalue weighted by molar-refractivity contribution is 14.0. The molecule has 10 heavy (non-hydrogen) atoms. The Labute approximate surface area is 77.8 Å². The van der Waals surface area contributed by atoms with Gasteiger partial charge in [-0.25, -0.2) is 0 Å². The van der Waals surface area contributed by atoms with Gasteiger partial charge in [0.2, 0.25) is 0 Å². The lowest BCUT2D eigenvalue weighted by atomic mass is 10.1. The van der Waals surface area contributed by atoms with Crippen LogP contribution in [0.1, 0.15) is 19.8 Å². The molecule has 0 saturated heterocycles. The molecule has 0 bridgehead atoms. The zero-order valence-corrected chi connectivity index (χ0v) is 8.23. The molecule has 0 aliphatic heterocycles. The van der Waals surface area contributed by atoms with E-state index < -0.39 is 0 Å². The van der Waals surface area contributed by atoms with Crippen LogP contribution in [0.4, 0.5) is 0 Å². The van der Waals surface area contributed by atoms with Gasteiger partial charge in [-0.3, -0.25) is 0 Å². The van der Waals surface area contributed by atoms with E-state index in [0.29, 0.717) is 24.3 Å². The van der Waals surface area contributed by atoms with E-state index in [1.165, 1.54) is 6.21 Å². The summed E-state index contributed by atoms with van der Waals surface area (Å²) in [6, 6.07) is 0. The molecule has 0 aromatic carbocycles. The summed E-state index contributed by atoms with van der Waals surface area (Å²) in [5.41, 5.74) is 0.635. The molecule has 0 aliphatic rings. The molecule has 58 valence electrons. The van der Waals surface area contributed by atoms with E-state index in [1.807, 2.05) is 0 Å². The molecule has 3 nitrogen and oxygen atoms in total. The third-order valence-corrected chi connectivity index (χ3v) is 0.991. The first-order valence-corrected chi connectivity index (χ1v) is 2.80. The van der Waals surface area contributed by atoms with Crippen LogP contribution in [0, 0.1) is 16.2 Å². The van der Waals surface area contributed by atoms with E-state index in [1.54, 1.807) is 6.92 Å². The number of rotatable bonds is 4. The van der Waals surface area contributed by atoms with Gasteiger partial charge in [-0.1, -0.05) is 0 Å². The van der Waals surface area contributed by atoms with Crippen molar-refractivity contribution in [3.05, 3.63) is 0 Å². The monoisotopic (exact) mass is 253 g/mol. The fourth-order valence-electron chi connectivity index (χ4n) is 0.404. The van der Waals surface area contributed by atoms with E-state index in [0.717, 1.165) is 0 Å². The summed E-state index contributed by atoms with van der Waals surface area (Å²) in [6.07, 6.45) is 2.37. The van der Waals surface area contributed by atoms with Crippen LogP contribution in [0.5, 0.6) is 0 Å². The third-order valence-electron chi connectivity index (χ3n) is 0.991. The van der Waals surface area contributed by atoms with Gasteiger partial charge in [0.15, 0.2) is 0 Å². The number of hydrogen-bond acceptors (Lipinski definition) is 3. The molecule has 0 atom stereocenters. The Hall–Kier alpha value is -0.260. The van der Waals surface area contributed by atoms with Gasteiger partial charge in [0.25, 0.3) is 0 Å². The van der Waals surface area contributed by atoms with Crippen molar-refractivity contribution in [2.75, 3.05) is 0 Å². The molecule has 0 aromatic rings. The molecule has 0 aliphatic carbocycles. The zero-order valence-electron chi connectivity index (χ0n) is 5.90. The summed E-state index contributed by atoms with van der Waals surface area (Å²) in [5, 5.41) is 20.7. The summed E-state index contributed by atoms with van der Waals surface area (Å²) in [6.45, 7) is 1.59.